The largest absolute Gasteiger partial charge is 0.365 e. The van der Waals surface area contributed by atoms with Crippen molar-refractivity contribution in [1.82, 2.24) is 10.2 Å². The summed E-state index contributed by atoms with van der Waals surface area (Å²) >= 11 is 0. The Morgan fingerprint density at radius 2 is 1.59 bits per heavy atom. The van der Waals surface area contributed by atoms with Crippen molar-refractivity contribution in [1.29, 1.82) is 0 Å². The van der Waals surface area contributed by atoms with Gasteiger partial charge in [-0.05, 0) is 60.9 Å². The summed E-state index contributed by atoms with van der Waals surface area (Å²) in [4.78, 5) is 0.211. The first-order valence-electron chi connectivity index (χ1n) is 8.25. The quantitative estimate of drug-likeness (QED) is 0.676. The Morgan fingerprint density at radius 3 is 2.26 bits per heavy atom. The average molecular weight is 386 g/mol. The minimum absolute atomic E-state index is 0.128. The molecule has 1 heterocycles. The maximum absolute atomic E-state index is 12.9. The van der Waals surface area contributed by atoms with Gasteiger partial charge in [-0.25, -0.2) is 12.8 Å². The predicted octanol–water partition coefficient (Wildman–Crippen LogP) is 3.65. The van der Waals surface area contributed by atoms with Gasteiger partial charge in [0.05, 0.1) is 4.90 Å². The molecular weight excluding hydrogens is 367 g/mol. The molecule has 0 bridgehead atoms. The number of hydrogen-bond acceptors (Lipinski definition) is 5. The number of anilines is 2. The molecule has 6 nitrogen and oxygen atoms in total. The Balaban J connectivity index is 1.68. The number of nitrogens with one attached hydrogen (secondary N) is 2. The van der Waals surface area contributed by atoms with Gasteiger partial charge in [0.2, 0.25) is 0 Å². The standard InChI is InChI=1S/C19H19FN4O2S/c1-13-3-4-14(2)17(11-13)27(25,26)24-19-10-9-18(22-23-19)21-12-15-5-7-16(20)8-6-15/h3-11H,12H2,1-2H3,(H,21,22)(H,23,24). The summed E-state index contributed by atoms with van der Waals surface area (Å²) in [7, 11) is -3.75. The summed E-state index contributed by atoms with van der Waals surface area (Å²) in [6, 6.07) is 14.5. The lowest BCUT2D eigenvalue weighted by Crippen LogP contribution is -2.16. The molecule has 0 aliphatic heterocycles. The summed E-state index contributed by atoms with van der Waals surface area (Å²) in [5.41, 5.74) is 2.39. The van der Waals surface area contributed by atoms with Crippen LogP contribution in [0.25, 0.3) is 0 Å². The second-order valence-corrected chi connectivity index (χ2v) is 7.81. The highest BCUT2D eigenvalue weighted by Crippen LogP contribution is 2.20. The van der Waals surface area contributed by atoms with Crippen molar-refractivity contribution < 1.29 is 12.8 Å². The van der Waals surface area contributed by atoms with Crippen molar-refractivity contribution in [3.8, 4) is 0 Å². The average Bonchev–Trinajstić information content (AvgIpc) is 2.64. The summed E-state index contributed by atoms with van der Waals surface area (Å²) in [6.45, 7) is 4.02. The maximum atomic E-state index is 12.9. The van der Waals surface area contributed by atoms with Crippen LogP contribution in [0.5, 0.6) is 0 Å². The second kappa shape index (κ2) is 7.71. The number of aromatic nitrogens is 2. The molecule has 0 unspecified atom stereocenters. The molecule has 27 heavy (non-hydrogen) atoms. The third kappa shape index (κ3) is 4.79. The van der Waals surface area contributed by atoms with Gasteiger partial charge in [0, 0.05) is 6.54 Å². The van der Waals surface area contributed by atoms with E-state index in [4.69, 9.17) is 0 Å². The monoisotopic (exact) mass is 386 g/mol. The Hall–Kier alpha value is -3.00. The predicted molar refractivity (Wildman–Crippen MR) is 102 cm³/mol. The SMILES string of the molecule is Cc1ccc(C)c(S(=O)(=O)Nc2ccc(NCc3ccc(F)cc3)nn2)c1. The molecule has 140 valence electrons. The lowest BCUT2D eigenvalue weighted by atomic mass is 10.2. The molecule has 0 saturated carbocycles. The van der Waals surface area contributed by atoms with Gasteiger partial charge in [-0.1, -0.05) is 24.3 Å². The van der Waals surface area contributed by atoms with Gasteiger partial charge in [0.15, 0.2) is 5.82 Å². The van der Waals surface area contributed by atoms with Crippen molar-refractivity contribution in [2.24, 2.45) is 0 Å². The van der Waals surface area contributed by atoms with Crippen molar-refractivity contribution in [3.05, 3.63) is 77.1 Å². The molecule has 0 amide bonds. The van der Waals surface area contributed by atoms with Crippen LogP contribution in [-0.2, 0) is 16.6 Å². The Bertz CT molecular complexity index is 1040. The van der Waals surface area contributed by atoms with E-state index in [1.54, 1.807) is 37.3 Å². The van der Waals surface area contributed by atoms with E-state index in [9.17, 15) is 12.8 Å². The third-order valence-corrected chi connectivity index (χ3v) is 5.42. The molecule has 0 aliphatic carbocycles. The first kappa shape index (κ1) is 18.8. The topological polar surface area (TPSA) is 84.0 Å². The number of aryl methyl sites for hydroxylation is 2. The molecule has 1 aromatic heterocycles. The molecule has 0 aliphatic rings. The smallest absolute Gasteiger partial charge is 0.263 e. The summed E-state index contributed by atoms with van der Waals surface area (Å²) < 4.78 is 40.5. The van der Waals surface area contributed by atoms with Crippen LogP contribution in [0.4, 0.5) is 16.0 Å². The zero-order chi connectivity index (χ0) is 19.4. The lowest BCUT2D eigenvalue weighted by Gasteiger charge is -2.11. The van der Waals surface area contributed by atoms with E-state index in [1.165, 1.54) is 18.2 Å². The van der Waals surface area contributed by atoms with Crippen molar-refractivity contribution in [2.75, 3.05) is 10.0 Å². The number of sulfonamides is 1. The van der Waals surface area contributed by atoms with E-state index in [2.05, 4.69) is 20.2 Å². The highest BCUT2D eigenvalue weighted by atomic mass is 32.2. The van der Waals surface area contributed by atoms with E-state index in [0.29, 0.717) is 17.9 Å². The first-order valence-corrected chi connectivity index (χ1v) is 9.74. The molecular formula is C19H19FN4O2S. The fourth-order valence-corrected chi connectivity index (χ4v) is 3.79. The van der Waals surface area contributed by atoms with Crippen LogP contribution in [0, 0.1) is 19.7 Å². The fraction of sp³-hybridized carbons (Fsp3) is 0.158. The normalized spacial score (nSPS) is 11.2. The molecule has 0 radical (unpaired) electrons. The van der Waals surface area contributed by atoms with Crippen LogP contribution in [0.3, 0.4) is 0 Å². The van der Waals surface area contributed by atoms with Crippen LogP contribution in [0.2, 0.25) is 0 Å². The van der Waals surface area contributed by atoms with Crippen LogP contribution in [-0.4, -0.2) is 18.6 Å². The van der Waals surface area contributed by atoms with Crippen LogP contribution in [0.15, 0.2) is 59.5 Å². The van der Waals surface area contributed by atoms with Gasteiger partial charge in [-0.2, -0.15) is 0 Å². The zero-order valence-electron chi connectivity index (χ0n) is 14.9. The zero-order valence-corrected chi connectivity index (χ0v) is 15.7. The molecule has 2 aromatic carbocycles. The second-order valence-electron chi connectivity index (χ2n) is 6.16. The number of rotatable bonds is 6. The van der Waals surface area contributed by atoms with Crippen LogP contribution < -0.4 is 10.0 Å². The van der Waals surface area contributed by atoms with E-state index < -0.39 is 10.0 Å². The van der Waals surface area contributed by atoms with E-state index in [1.807, 2.05) is 13.0 Å². The summed E-state index contributed by atoms with van der Waals surface area (Å²) in [5, 5.41) is 10.9. The number of benzene rings is 2. The highest BCUT2D eigenvalue weighted by Gasteiger charge is 2.18. The highest BCUT2D eigenvalue weighted by molar-refractivity contribution is 7.92. The van der Waals surface area contributed by atoms with Gasteiger partial charge in [0.1, 0.15) is 11.6 Å². The van der Waals surface area contributed by atoms with E-state index in [0.717, 1.165) is 11.1 Å². The maximum Gasteiger partial charge on any atom is 0.263 e. The van der Waals surface area contributed by atoms with Gasteiger partial charge < -0.3 is 5.32 Å². The molecule has 0 fully saturated rings. The first-order chi connectivity index (χ1) is 12.8. The van der Waals surface area contributed by atoms with Gasteiger partial charge in [-0.15, -0.1) is 10.2 Å². The number of nitrogens with zero attached hydrogens (tertiary/aromatic N) is 2. The number of hydrogen-bond donors (Lipinski definition) is 2. The molecule has 3 aromatic rings. The minimum Gasteiger partial charge on any atom is -0.365 e. The van der Waals surface area contributed by atoms with Crippen molar-refractivity contribution >= 4 is 21.7 Å². The van der Waals surface area contributed by atoms with E-state index >= 15 is 0 Å². The third-order valence-electron chi connectivity index (χ3n) is 3.92. The fourth-order valence-electron chi connectivity index (χ4n) is 2.47. The number of halogens is 1. The molecule has 2 N–H and O–H groups in total. The Kier molecular flexibility index (Phi) is 5.36. The van der Waals surface area contributed by atoms with Crippen molar-refractivity contribution in [3.63, 3.8) is 0 Å². The molecule has 3 rings (SSSR count). The van der Waals surface area contributed by atoms with Crippen LogP contribution in [0.1, 0.15) is 16.7 Å². The molecule has 0 atom stereocenters. The van der Waals surface area contributed by atoms with Crippen LogP contribution >= 0.6 is 0 Å². The van der Waals surface area contributed by atoms with E-state index in [-0.39, 0.29) is 16.5 Å². The van der Waals surface area contributed by atoms with Gasteiger partial charge in [0.25, 0.3) is 10.0 Å². The van der Waals surface area contributed by atoms with Gasteiger partial charge >= 0.3 is 0 Å². The molecule has 0 saturated heterocycles. The Morgan fingerprint density at radius 1 is 0.926 bits per heavy atom. The Labute approximate surface area is 157 Å². The lowest BCUT2D eigenvalue weighted by molar-refractivity contribution is 0.600. The summed E-state index contributed by atoms with van der Waals surface area (Å²) in [5.74, 6) is 0.316. The van der Waals surface area contributed by atoms with Gasteiger partial charge in [-0.3, -0.25) is 4.72 Å². The molecule has 0 spiro atoms. The summed E-state index contributed by atoms with van der Waals surface area (Å²) in [6.07, 6.45) is 0. The van der Waals surface area contributed by atoms with Crippen molar-refractivity contribution in [2.45, 2.75) is 25.3 Å². The molecule has 8 heteroatoms. The minimum atomic E-state index is -3.75.